The summed E-state index contributed by atoms with van der Waals surface area (Å²) < 4.78 is 17.7. The van der Waals surface area contributed by atoms with Crippen molar-refractivity contribution < 1.29 is 8.39 Å². The van der Waals surface area contributed by atoms with Gasteiger partial charge in [0.2, 0.25) is 0 Å². The van der Waals surface area contributed by atoms with Crippen molar-refractivity contribution in [1.82, 2.24) is 9.19 Å². The van der Waals surface area contributed by atoms with Crippen molar-refractivity contribution in [3.05, 3.63) is 40.5 Å². The molecule has 1 aromatic carbocycles. The third-order valence-corrected chi connectivity index (χ3v) is 3.94. The second-order valence-corrected chi connectivity index (χ2v) is 5.41. The van der Waals surface area contributed by atoms with E-state index in [0.717, 1.165) is 27.5 Å². The average molecular weight is 285 g/mol. The predicted octanol–water partition coefficient (Wildman–Crippen LogP) is 2.89. The van der Waals surface area contributed by atoms with Crippen LogP contribution in [0.25, 0.3) is 11.3 Å². The first-order chi connectivity index (χ1) is 8.52. The molecule has 18 heavy (non-hydrogen) atoms. The molecule has 0 aliphatic rings. The fraction of sp³-hybridized carbons (Fsp3) is 0.250. The van der Waals surface area contributed by atoms with E-state index in [-0.39, 0.29) is 0 Å². The molecule has 0 fully saturated rings. The van der Waals surface area contributed by atoms with Crippen LogP contribution < -0.4 is 0 Å². The lowest BCUT2D eigenvalue weighted by Crippen LogP contribution is -2.09. The van der Waals surface area contributed by atoms with Crippen LogP contribution >= 0.6 is 11.6 Å². The van der Waals surface area contributed by atoms with E-state index >= 15 is 0 Å². The summed E-state index contributed by atoms with van der Waals surface area (Å²) in [6.45, 7) is 3.76. The lowest BCUT2D eigenvalue weighted by molar-refractivity contribution is 0.434. The Kier molecular flexibility index (Phi) is 3.85. The summed E-state index contributed by atoms with van der Waals surface area (Å²) in [5.41, 5.74) is 3.44. The Hall–Kier alpha value is -1.17. The molecule has 1 unspecified atom stereocenters. The highest BCUT2D eigenvalue weighted by Gasteiger charge is 2.11. The first-order valence-electron chi connectivity index (χ1n) is 5.33. The van der Waals surface area contributed by atoms with E-state index in [0.29, 0.717) is 0 Å². The first kappa shape index (κ1) is 13.3. The first-order valence-corrected chi connectivity index (χ1v) is 6.74. The topological polar surface area (TPSA) is 44.1 Å². The lowest BCUT2D eigenvalue weighted by Gasteiger charge is -2.01. The van der Waals surface area contributed by atoms with Crippen LogP contribution in [0.15, 0.2) is 24.3 Å². The van der Waals surface area contributed by atoms with E-state index in [1.54, 1.807) is 0 Å². The molecule has 0 amide bonds. The Balaban J connectivity index is 2.45. The molecule has 0 saturated heterocycles. The number of benzene rings is 1. The Morgan fingerprint density at radius 3 is 2.67 bits per heavy atom. The summed E-state index contributed by atoms with van der Waals surface area (Å²) >= 11 is 4.40. The SMILES string of the molecule is COS(=O)n1nc(-c2ccc(Cl)c(C)c2)cc1C. The van der Waals surface area contributed by atoms with Gasteiger partial charge in [-0.05, 0) is 37.6 Å². The van der Waals surface area contributed by atoms with Crippen molar-refractivity contribution in [2.45, 2.75) is 13.8 Å². The molecule has 96 valence electrons. The molecule has 0 radical (unpaired) electrons. The van der Waals surface area contributed by atoms with Gasteiger partial charge in [-0.1, -0.05) is 17.7 Å². The number of hydrogen-bond acceptors (Lipinski definition) is 3. The lowest BCUT2D eigenvalue weighted by atomic mass is 10.1. The van der Waals surface area contributed by atoms with Crippen LogP contribution in [0.5, 0.6) is 0 Å². The third-order valence-electron chi connectivity index (χ3n) is 2.58. The summed E-state index contributed by atoms with van der Waals surface area (Å²) in [5, 5.41) is 4.99. The Morgan fingerprint density at radius 2 is 2.06 bits per heavy atom. The van der Waals surface area contributed by atoms with Crippen molar-refractivity contribution in [1.29, 1.82) is 0 Å². The molecule has 2 aromatic rings. The van der Waals surface area contributed by atoms with Crippen LogP contribution in [-0.2, 0) is 15.4 Å². The maximum absolute atomic E-state index is 11.6. The van der Waals surface area contributed by atoms with Crippen molar-refractivity contribution in [2.24, 2.45) is 0 Å². The van der Waals surface area contributed by atoms with Crippen molar-refractivity contribution in [2.75, 3.05) is 7.11 Å². The molecule has 2 rings (SSSR count). The molecule has 4 nitrogen and oxygen atoms in total. The predicted molar refractivity (Wildman–Crippen MR) is 72.7 cm³/mol. The molecule has 1 atom stereocenters. The van der Waals surface area contributed by atoms with Gasteiger partial charge in [0.25, 0.3) is 11.3 Å². The highest BCUT2D eigenvalue weighted by Crippen LogP contribution is 2.24. The molecule has 0 N–H and O–H groups in total. The fourth-order valence-electron chi connectivity index (χ4n) is 1.63. The summed E-state index contributed by atoms with van der Waals surface area (Å²) in [5.74, 6) is 0. The van der Waals surface area contributed by atoms with Crippen LogP contribution in [0.4, 0.5) is 0 Å². The van der Waals surface area contributed by atoms with Crippen LogP contribution in [0.2, 0.25) is 5.02 Å². The summed E-state index contributed by atoms with van der Waals surface area (Å²) in [4.78, 5) is 0. The quantitative estimate of drug-likeness (QED) is 0.870. The van der Waals surface area contributed by atoms with E-state index in [2.05, 4.69) is 5.10 Å². The van der Waals surface area contributed by atoms with E-state index in [1.807, 2.05) is 38.1 Å². The van der Waals surface area contributed by atoms with Gasteiger partial charge in [-0.2, -0.15) is 9.19 Å². The van der Waals surface area contributed by atoms with Crippen molar-refractivity contribution >= 4 is 22.9 Å². The smallest absolute Gasteiger partial charge is 0.276 e. The van der Waals surface area contributed by atoms with E-state index < -0.39 is 11.3 Å². The maximum atomic E-state index is 11.6. The standard InChI is InChI=1S/C12H13ClN2O2S/c1-8-6-10(4-5-11(8)13)12-7-9(2)15(14-12)18(16)17-3/h4-7H,1-3H3. The Labute approximate surface area is 113 Å². The minimum atomic E-state index is -1.59. The number of hydrogen-bond donors (Lipinski definition) is 0. The minimum absolute atomic E-state index is 0.718. The zero-order valence-electron chi connectivity index (χ0n) is 10.3. The molecule has 0 bridgehead atoms. The number of aromatic nitrogens is 2. The van der Waals surface area contributed by atoms with Gasteiger partial charge in [0.05, 0.1) is 18.5 Å². The van der Waals surface area contributed by atoms with Crippen LogP contribution in [0.3, 0.4) is 0 Å². The average Bonchev–Trinajstić information content (AvgIpc) is 2.74. The van der Waals surface area contributed by atoms with Gasteiger partial charge in [-0.15, -0.1) is 0 Å². The number of halogens is 1. The van der Waals surface area contributed by atoms with Gasteiger partial charge >= 0.3 is 0 Å². The van der Waals surface area contributed by atoms with Crippen LogP contribution in [0, 0.1) is 13.8 Å². The number of nitrogens with zero attached hydrogens (tertiary/aromatic N) is 2. The van der Waals surface area contributed by atoms with Gasteiger partial charge in [-0.25, -0.2) is 4.21 Å². The second-order valence-electron chi connectivity index (χ2n) is 3.89. The molecular weight excluding hydrogens is 272 g/mol. The molecule has 0 spiro atoms. The molecule has 0 aliphatic heterocycles. The molecule has 0 aliphatic carbocycles. The zero-order chi connectivity index (χ0) is 13.3. The number of rotatable bonds is 3. The highest BCUT2D eigenvalue weighted by molar-refractivity contribution is 7.78. The van der Waals surface area contributed by atoms with Crippen molar-refractivity contribution in [3.63, 3.8) is 0 Å². The van der Waals surface area contributed by atoms with E-state index in [9.17, 15) is 4.21 Å². The number of aryl methyl sites for hydroxylation is 2. The molecule has 6 heteroatoms. The highest BCUT2D eigenvalue weighted by atomic mass is 35.5. The fourth-order valence-corrected chi connectivity index (χ4v) is 2.33. The zero-order valence-corrected chi connectivity index (χ0v) is 11.9. The van der Waals surface area contributed by atoms with Crippen LogP contribution in [0.1, 0.15) is 11.3 Å². The van der Waals surface area contributed by atoms with Gasteiger partial charge in [0.15, 0.2) is 0 Å². The summed E-state index contributed by atoms with van der Waals surface area (Å²) in [7, 11) is 1.38. The maximum Gasteiger partial charge on any atom is 0.285 e. The van der Waals surface area contributed by atoms with Crippen molar-refractivity contribution in [3.8, 4) is 11.3 Å². The Bertz CT molecular complexity index is 610. The molecular formula is C12H13ClN2O2S. The van der Waals surface area contributed by atoms with Gasteiger partial charge in [0.1, 0.15) is 0 Å². The largest absolute Gasteiger partial charge is 0.285 e. The van der Waals surface area contributed by atoms with E-state index in [1.165, 1.54) is 11.2 Å². The van der Waals surface area contributed by atoms with Gasteiger partial charge in [0, 0.05) is 10.6 Å². The minimum Gasteiger partial charge on any atom is -0.276 e. The summed E-state index contributed by atoms with van der Waals surface area (Å²) in [6, 6.07) is 7.52. The third kappa shape index (κ3) is 2.48. The van der Waals surface area contributed by atoms with E-state index in [4.69, 9.17) is 15.8 Å². The normalized spacial score (nSPS) is 12.7. The van der Waals surface area contributed by atoms with Gasteiger partial charge in [-0.3, -0.25) is 4.18 Å². The monoisotopic (exact) mass is 284 g/mol. The second kappa shape index (κ2) is 5.22. The summed E-state index contributed by atoms with van der Waals surface area (Å²) in [6.07, 6.45) is 0. The van der Waals surface area contributed by atoms with Crippen LogP contribution in [-0.4, -0.2) is 20.5 Å². The van der Waals surface area contributed by atoms with Gasteiger partial charge < -0.3 is 0 Å². The molecule has 1 heterocycles. The molecule has 0 saturated carbocycles. The Morgan fingerprint density at radius 1 is 1.33 bits per heavy atom. The molecule has 1 aromatic heterocycles.